The van der Waals surface area contributed by atoms with E-state index in [2.05, 4.69) is 10.0 Å². The van der Waals surface area contributed by atoms with Crippen molar-refractivity contribution in [1.29, 1.82) is 0 Å². The maximum Gasteiger partial charge on any atom is 0.255 e. The third kappa shape index (κ3) is 4.66. The van der Waals surface area contributed by atoms with Gasteiger partial charge < -0.3 is 10.1 Å². The minimum atomic E-state index is -3.63. The lowest BCUT2D eigenvalue weighted by atomic mass is 10.2. The summed E-state index contributed by atoms with van der Waals surface area (Å²) < 4.78 is 45.4. The highest BCUT2D eigenvalue weighted by molar-refractivity contribution is 7.89. The van der Waals surface area contributed by atoms with Crippen LogP contribution in [0.3, 0.4) is 0 Å². The van der Waals surface area contributed by atoms with E-state index in [9.17, 15) is 17.6 Å². The van der Waals surface area contributed by atoms with Crippen LogP contribution < -0.4 is 10.0 Å². The van der Waals surface area contributed by atoms with Gasteiger partial charge in [0.25, 0.3) is 5.91 Å². The first-order chi connectivity index (χ1) is 12.4. The molecule has 0 radical (unpaired) electrons. The second-order valence-electron chi connectivity index (χ2n) is 5.97. The molecule has 1 saturated heterocycles. The van der Waals surface area contributed by atoms with Crippen molar-refractivity contribution in [3.05, 3.63) is 59.9 Å². The number of anilines is 1. The molecule has 0 unspecified atom stereocenters. The van der Waals surface area contributed by atoms with Crippen LogP contribution in [0.15, 0.2) is 53.4 Å². The van der Waals surface area contributed by atoms with Gasteiger partial charge in [0.05, 0.1) is 11.0 Å². The Morgan fingerprint density at radius 1 is 1.12 bits per heavy atom. The van der Waals surface area contributed by atoms with Gasteiger partial charge in [0.2, 0.25) is 10.0 Å². The van der Waals surface area contributed by atoms with E-state index >= 15 is 0 Å². The predicted octanol–water partition coefficient (Wildman–Crippen LogP) is 2.54. The van der Waals surface area contributed by atoms with Gasteiger partial charge in [-0.25, -0.2) is 17.5 Å². The summed E-state index contributed by atoms with van der Waals surface area (Å²) in [4.78, 5) is 12.2. The third-order valence-corrected chi connectivity index (χ3v) is 5.49. The molecule has 1 aliphatic heterocycles. The molecular formula is C18H19FN2O4S. The molecule has 1 heterocycles. The zero-order valence-corrected chi connectivity index (χ0v) is 14.8. The van der Waals surface area contributed by atoms with Crippen molar-refractivity contribution in [2.45, 2.75) is 23.8 Å². The Kier molecular flexibility index (Phi) is 5.65. The van der Waals surface area contributed by atoms with E-state index in [0.29, 0.717) is 17.9 Å². The van der Waals surface area contributed by atoms with E-state index in [1.807, 2.05) is 0 Å². The summed E-state index contributed by atoms with van der Waals surface area (Å²) in [5, 5.41) is 2.64. The van der Waals surface area contributed by atoms with Crippen LogP contribution in [0.4, 0.5) is 10.1 Å². The van der Waals surface area contributed by atoms with Crippen LogP contribution in [0.1, 0.15) is 23.2 Å². The summed E-state index contributed by atoms with van der Waals surface area (Å²) in [7, 11) is -3.63. The van der Waals surface area contributed by atoms with Crippen molar-refractivity contribution < 1.29 is 22.3 Å². The first-order valence-corrected chi connectivity index (χ1v) is 9.71. The van der Waals surface area contributed by atoms with Crippen LogP contribution in [0.25, 0.3) is 0 Å². The Hall–Kier alpha value is -2.29. The SMILES string of the molecule is O=C(Nc1ccc(S(=O)(=O)NC[C@@H]2CCCO2)cc1)c1ccc(F)cc1. The molecular weight excluding hydrogens is 359 g/mol. The number of rotatable bonds is 6. The fraction of sp³-hybridized carbons (Fsp3) is 0.278. The maximum atomic E-state index is 12.9. The van der Waals surface area contributed by atoms with Gasteiger partial charge in [-0.05, 0) is 61.4 Å². The molecule has 1 amide bonds. The number of hydrogen-bond acceptors (Lipinski definition) is 4. The third-order valence-electron chi connectivity index (χ3n) is 4.05. The zero-order valence-electron chi connectivity index (χ0n) is 13.9. The number of carbonyl (C=O) groups excluding carboxylic acids is 1. The molecule has 1 atom stereocenters. The minimum absolute atomic E-state index is 0.0842. The highest BCUT2D eigenvalue weighted by atomic mass is 32.2. The maximum absolute atomic E-state index is 12.9. The summed E-state index contributed by atoms with van der Waals surface area (Å²) in [6.07, 6.45) is 1.70. The molecule has 0 bridgehead atoms. The van der Waals surface area contributed by atoms with Crippen molar-refractivity contribution in [2.24, 2.45) is 0 Å². The van der Waals surface area contributed by atoms with Crippen molar-refractivity contribution in [2.75, 3.05) is 18.5 Å². The minimum Gasteiger partial charge on any atom is -0.377 e. The monoisotopic (exact) mass is 378 g/mol. The fourth-order valence-electron chi connectivity index (χ4n) is 2.61. The molecule has 6 nitrogen and oxygen atoms in total. The predicted molar refractivity (Wildman–Crippen MR) is 95.0 cm³/mol. The molecule has 1 fully saturated rings. The summed E-state index contributed by atoms with van der Waals surface area (Å²) in [5.74, 6) is -0.830. The van der Waals surface area contributed by atoms with Crippen LogP contribution in [0.2, 0.25) is 0 Å². The molecule has 3 rings (SSSR count). The van der Waals surface area contributed by atoms with Gasteiger partial charge in [0, 0.05) is 24.4 Å². The van der Waals surface area contributed by atoms with Crippen LogP contribution >= 0.6 is 0 Å². The second-order valence-corrected chi connectivity index (χ2v) is 7.74. The molecule has 8 heteroatoms. The number of hydrogen-bond donors (Lipinski definition) is 2. The lowest BCUT2D eigenvalue weighted by Crippen LogP contribution is -2.31. The van der Waals surface area contributed by atoms with Crippen LogP contribution in [0, 0.1) is 5.82 Å². The molecule has 1 aliphatic rings. The van der Waals surface area contributed by atoms with Crippen LogP contribution in [-0.2, 0) is 14.8 Å². The summed E-state index contributed by atoms with van der Waals surface area (Å²) >= 11 is 0. The van der Waals surface area contributed by atoms with Gasteiger partial charge in [0.1, 0.15) is 5.82 Å². The average molecular weight is 378 g/mol. The number of halogens is 1. The molecule has 2 aromatic rings. The highest BCUT2D eigenvalue weighted by Gasteiger charge is 2.20. The van der Waals surface area contributed by atoms with E-state index in [-0.39, 0.29) is 17.5 Å². The number of ether oxygens (including phenoxy) is 1. The molecule has 0 spiro atoms. The highest BCUT2D eigenvalue weighted by Crippen LogP contribution is 2.16. The topological polar surface area (TPSA) is 84.5 Å². The summed E-state index contributed by atoms with van der Waals surface area (Å²) in [6, 6.07) is 11.0. The standard InChI is InChI=1S/C18H19FN2O4S/c19-14-5-3-13(4-6-14)18(22)21-15-7-9-17(10-8-15)26(23,24)20-12-16-2-1-11-25-16/h3-10,16,20H,1-2,11-12H2,(H,21,22)/t16-/m0/s1. The second kappa shape index (κ2) is 7.94. The lowest BCUT2D eigenvalue weighted by molar-refractivity contribution is 0.102. The fourth-order valence-corrected chi connectivity index (χ4v) is 3.68. The first kappa shape index (κ1) is 18.5. The van der Waals surface area contributed by atoms with Crippen molar-refractivity contribution in [3.63, 3.8) is 0 Å². The quantitative estimate of drug-likeness (QED) is 0.809. The zero-order chi connectivity index (χ0) is 18.6. The average Bonchev–Trinajstić information content (AvgIpc) is 3.15. The molecule has 2 aromatic carbocycles. The van der Waals surface area contributed by atoms with Crippen molar-refractivity contribution in [3.8, 4) is 0 Å². The summed E-state index contributed by atoms with van der Waals surface area (Å²) in [6.45, 7) is 0.903. The summed E-state index contributed by atoms with van der Waals surface area (Å²) in [5.41, 5.74) is 0.749. The van der Waals surface area contributed by atoms with E-state index in [4.69, 9.17) is 4.74 Å². The van der Waals surface area contributed by atoms with Crippen LogP contribution in [-0.4, -0.2) is 33.6 Å². The normalized spacial score (nSPS) is 17.2. The van der Waals surface area contributed by atoms with E-state index in [1.165, 1.54) is 48.5 Å². The van der Waals surface area contributed by atoms with Crippen LogP contribution in [0.5, 0.6) is 0 Å². The number of amides is 1. The Morgan fingerprint density at radius 2 is 1.81 bits per heavy atom. The molecule has 138 valence electrons. The Labute approximate surface area is 151 Å². The molecule has 0 aliphatic carbocycles. The largest absolute Gasteiger partial charge is 0.377 e. The van der Waals surface area contributed by atoms with E-state index in [1.54, 1.807) is 0 Å². The van der Waals surface area contributed by atoms with Gasteiger partial charge in [-0.15, -0.1) is 0 Å². The Morgan fingerprint density at radius 3 is 2.42 bits per heavy atom. The van der Waals surface area contributed by atoms with Gasteiger partial charge in [-0.1, -0.05) is 0 Å². The number of nitrogens with one attached hydrogen (secondary N) is 2. The molecule has 2 N–H and O–H groups in total. The Balaban J connectivity index is 1.61. The number of sulfonamides is 1. The first-order valence-electron chi connectivity index (χ1n) is 8.22. The van der Waals surface area contributed by atoms with Crippen molar-refractivity contribution in [1.82, 2.24) is 4.72 Å². The van der Waals surface area contributed by atoms with E-state index in [0.717, 1.165) is 12.8 Å². The van der Waals surface area contributed by atoms with Gasteiger partial charge in [-0.2, -0.15) is 0 Å². The molecule has 26 heavy (non-hydrogen) atoms. The number of carbonyl (C=O) groups is 1. The van der Waals surface area contributed by atoms with Gasteiger partial charge >= 0.3 is 0 Å². The van der Waals surface area contributed by atoms with Gasteiger partial charge in [-0.3, -0.25) is 4.79 Å². The Bertz CT molecular complexity index is 861. The van der Waals surface area contributed by atoms with E-state index < -0.39 is 21.7 Å². The molecule has 0 saturated carbocycles. The molecule has 0 aromatic heterocycles. The number of benzene rings is 2. The lowest BCUT2D eigenvalue weighted by Gasteiger charge is -2.12. The smallest absolute Gasteiger partial charge is 0.255 e. The van der Waals surface area contributed by atoms with Crippen molar-refractivity contribution >= 4 is 21.6 Å². The van der Waals surface area contributed by atoms with Gasteiger partial charge in [0.15, 0.2) is 0 Å².